The van der Waals surface area contributed by atoms with Crippen molar-refractivity contribution in [2.24, 2.45) is 0 Å². The highest BCUT2D eigenvalue weighted by Crippen LogP contribution is 2.04. The van der Waals surface area contributed by atoms with Crippen molar-refractivity contribution in [1.82, 2.24) is 15.5 Å². The Hall–Kier alpha value is -1.14. The van der Waals surface area contributed by atoms with Crippen LogP contribution >= 0.6 is 0 Å². The van der Waals surface area contributed by atoms with E-state index in [1.165, 1.54) is 0 Å². The molecule has 2 N–H and O–H groups in total. The summed E-state index contributed by atoms with van der Waals surface area (Å²) in [5, 5.41) is 6.07. The van der Waals surface area contributed by atoms with E-state index in [9.17, 15) is 9.59 Å². The number of amides is 2. The second-order valence-electron chi connectivity index (χ2n) is 5.10. The van der Waals surface area contributed by atoms with Crippen LogP contribution in [-0.2, 0) is 14.3 Å². The number of carbonyl (C=O) groups excluding carboxylic acids is 2. The number of nitrogens with zero attached hydrogens (tertiary/aromatic N) is 1. The predicted molar refractivity (Wildman–Crippen MR) is 77.4 cm³/mol. The van der Waals surface area contributed by atoms with Gasteiger partial charge >= 0.3 is 0 Å². The largest absolute Gasteiger partial charge is 0.378 e. The molecule has 1 atom stereocenters. The summed E-state index contributed by atoms with van der Waals surface area (Å²) in [6, 6.07) is 0.0642. The fraction of sp³-hybridized carbons (Fsp3) is 0.857. The van der Waals surface area contributed by atoms with Crippen LogP contribution in [0.4, 0.5) is 0 Å². The molecule has 0 aliphatic carbocycles. The van der Waals surface area contributed by atoms with Crippen LogP contribution in [0.5, 0.6) is 0 Å². The fourth-order valence-corrected chi connectivity index (χ4v) is 2.15. The molecule has 1 aliphatic rings. The van der Waals surface area contributed by atoms with Crippen LogP contribution in [0, 0.1) is 0 Å². The molecule has 20 heavy (non-hydrogen) atoms. The minimum atomic E-state index is -0.0819. The van der Waals surface area contributed by atoms with E-state index in [4.69, 9.17) is 4.74 Å². The third kappa shape index (κ3) is 6.34. The van der Waals surface area contributed by atoms with Crippen LogP contribution in [0.2, 0.25) is 0 Å². The topological polar surface area (TPSA) is 70.7 Å². The average molecular weight is 285 g/mol. The molecular formula is C14H27N3O3. The maximum Gasteiger partial charge on any atom is 0.239 e. The van der Waals surface area contributed by atoms with E-state index >= 15 is 0 Å². The van der Waals surface area contributed by atoms with Gasteiger partial charge in [-0.3, -0.25) is 9.59 Å². The molecule has 0 saturated carbocycles. The maximum atomic E-state index is 12.3. The Morgan fingerprint density at radius 1 is 1.35 bits per heavy atom. The molecule has 116 valence electrons. The predicted octanol–water partition coefficient (Wildman–Crippen LogP) is 0.130. The summed E-state index contributed by atoms with van der Waals surface area (Å²) in [6.07, 6.45) is 2.14. The highest BCUT2D eigenvalue weighted by Gasteiger charge is 2.22. The van der Waals surface area contributed by atoms with Gasteiger partial charge in [-0.25, -0.2) is 0 Å². The molecule has 1 fully saturated rings. The summed E-state index contributed by atoms with van der Waals surface area (Å²) in [7, 11) is 0. The Balaban J connectivity index is 2.42. The van der Waals surface area contributed by atoms with Gasteiger partial charge in [0.25, 0.3) is 0 Å². The number of hydrogen-bond donors (Lipinski definition) is 2. The lowest BCUT2D eigenvalue weighted by Crippen LogP contribution is -2.47. The molecule has 1 unspecified atom stereocenters. The maximum absolute atomic E-state index is 12.3. The highest BCUT2D eigenvalue weighted by molar-refractivity contribution is 5.85. The minimum absolute atomic E-state index is 0.0153. The van der Waals surface area contributed by atoms with Gasteiger partial charge in [0.15, 0.2) is 0 Å². The van der Waals surface area contributed by atoms with Crippen LogP contribution < -0.4 is 10.6 Å². The molecule has 0 aromatic carbocycles. The summed E-state index contributed by atoms with van der Waals surface area (Å²) >= 11 is 0. The van der Waals surface area contributed by atoms with E-state index in [-0.39, 0.29) is 24.4 Å². The molecule has 6 nitrogen and oxygen atoms in total. The molecule has 6 heteroatoms. The molecule has 0 aromatic rings. The van der Waals surface area contributed by atoms with Gasteiger partial charge in [-0.15, -0.1) is 0 Å². The first-order valence-electron chi connectivity index (χ1n) is 7.53. The summed E-state index contributed by atoms with van der Waals surface area (Å²) in [5.74, 6) is -0.0667. The average Bonchev–Trinajstić information content (AvgIpc) is 2.45. The van der Waals surface area contributed by atoms with E-state index in [0.29, 0.717) is 32.7 Å². The summed E-state index contributed by atoms with van der Waals surface area (Å²) in [6.45, 7) is 7.48. The quantitative estimate of drug-likeness (QED) is 0.665. The second kappa shape index (κ2) is 9.72. The lowest BCUT2D eigenvalue weighted by atomic mass is 10.1. The number of ether oxygens (including phenoxy) is 1. The molecule has 0 aromatic heterocycles. The Morgan fingerprint density at radius 3 is 2.75 bits per heavy atom. The van der Waals surface area contributed by atoms with Crippen LogP contribution in [0.1, 0.15) is 33.1 Å². The minimum Gasteiger partial charge on any atom is -0.378 e. The molecule has 0 radical (unpaired) electrons. The van der Waals surface area contributed by atoms with Crippen LogP contribution in [0.15, 0.2) is 0 Å². The van der Waals surface area contributed by atoms with Gasteiger partial charge in [0.1, 0.15) is 0 Å². The molecular weight excluding hydrogens is 258 g/mol. The van der Waals surface area contributed by atoms with Gasteiger partial charge in [0, 0.05) is 32.1 Å². The SMILES string of the molecule is CCCNC(=O)CN(CCC)C(=O)CC1COCCN1. The molecule has 1 heterocycles. The van der Waals surface area contributed by atoms with Gasteiger partial charge in [-0.05, 0) is 12.8 Å². The van der Waals surface area contributed by atoms with Crippen LogP contribution in [0.3, 0.4) is 0 Å². The summed E-state index contributed by atoms with van der Waals surface area (Å²) in [5.41, 5.74) is 0. The molecule has 1 aliphatic heterocycles. The molecule has 1 saturated heterocycles. The van der Waals surface area contributed by atoms with E-state index in [1.807, 2.05) is 13.8 Å². The van der Waals surface area contributed by atoms with Crippen molar-refractivity contribution in [3.8, 4) is 0 Å². The van der Waals surface area contributed by atoms with Gasteiger partial charge in [-0.2, -0.15) is 0 Å². The van der Waals surface area contributed by atoms with Gasteiger partial charge < -0.3 is 20.3 Å². The van der Waals surface area contributed by atoms with Gasteiger partial charge in [-0.1, -0.05) is 13.8 Å². The number of rotatable bonds is 8. The van der Waals surface area contributed by atoms with Crippen LogP contribution in [0.25, 0.3) is 0 Å². The fourth-order valence-electron chi connectivity index (χ4n) is 2.15. The Kier molecular flexibility index (Phi) is 8.22. The van der Waals surface area contributed by atoms with E-state index in [2.05, 4.69) is 10.6 Å². The number of hydrogen-bond acceptors (Lipinski definition) is 4. The van der Waals surface area contributed by atoms with Crippen molar-refractivity contribution < 1.29 is 14.3 Å². The van der Waals surface area contributed by atoms with Crippen LogP contribution in [-0.4, -0.2) is 62.1 Å². The monoisotopic (exact) mass is 285 g/mol. The first-order valence-corrected chi connectivity index (χ1v) is 7.53. The number of nitrogens with one attached hydrogen (secondary N) is 2. The third-order valence-corrected chi connectivity index (χ3v) is 3.17. The first kappa shape index (κ1) is 16.9. The molecule has 0 spiro atoms. The van der Waals surface area contributed by atoms with Gasteiger partial charge in [0.2, 0.25) is 11.8 Å². The van der Waals surface area contributed by atoms with Crippen molar-refractivity contribution in [3.05, 3.63) is 0 Å². The van der Waals surface area contributed by atoms with Crippen molar-refractivity contribution in [2.75, 3.05) is 39.4 Å². The van der Waals surface area contributed by atoms with Crippen molar-refractivity contribution in [3.63, 3.8) is 0 Å². The zero-order chi connectivity index (χ0) is 14.8. The van der Waals surface area contributed by atoms with E-state index in [0.717, 1.165) is 19.4 Å². The van der Waals surface area contributed by atoms with Crippen molar-refractivity contribution in [2.45, 2.75) is 39.2 Å². The van der Waals surface area contributed by atoms with Crippen molar-refractivity contribution >= 4 is 11.8 Å². The summed E-state index contributed by atoms with van der Waals surface area (Å²) < 4.78 is 5.34. The molecule has 1 rings (SSSR count). The first-order chi connectivity index (χ1) is 9.67. The number of morpholine rings is 1. The Labute approximate surface area is 121 Å². The molecule has 0 bridgehead atoms. The smallest absolute Gasteiger partial charge is 0.239 e. The Morgan fingerprint density at radius 2 is 2.15 bits per heavy atom. The van der Waals surface area contributed by atoms with E-state index < -0.39 is 0 Å². The zero-order valence-electron chi connectivity index (χ0n) is 12.6. The third-order valence-electron chi connectivity index (χ3n) is 3.17. The normalized spacial score (nSPS) is 18.6. The Bertz CT molecular complexity index is 304. The van der Waals surface area contributed by atoms with Crippen molar-refractivity contribution in [1.29, 1.82) is 0 Å². The lowest BCUT2D eigenvalue weighted by molar-refractivity contribution is -0.137. The summed E-state index contributed by atoms with van der Waals surface area (Å²) in [4.78, 5) is 25.6. The second-order valence-corrected chi connectivity index (χ2v) is 5.10. The number of carbonyl (C=O) groups is 2. The van der Waals surface area contributed by atoms with E-state index in [1.54, 1.807) is 4.90 Å². The lowest BCUT2D eigenvalue weighted by Gasteiger charge is -2.27. The van der Waals surface area contributed by atoms with Gasteiger partial charge in [0.05, 0.1) is 19.8 Å². The molecule has 2 amide bonds. The highest BCUT2D eigenvalue weighted by atomic mass is 16.5. The standard InChI is InChI=1S/C14H27N3O3/c1-3-5-16-13(18)10-17(7-4-2)14(19)9-12-11-20-8-6-15-12/h12,15H,3-11H2,1-2H3,(H,16,18). The zero-order valence-corrected chi connectivity index (χ0v) is 12.6.